The van der Waals surface area contributed by atoms with E-state index in [0.717, 1.165) is 5.56 Å². The van der Waals surface area contributed by atoms with Gasteiger partial charge in [-0.3, -0.25) is 15.1 Å². The van der Waals surface area contributed by atoms with Gasteiger partial charge >= 0.3 is 0 Å². The van der Waals surface area contributed by atoms with Gasteiger partial charge in [0.15, 0.2) is 0 Å². The van der Waals surface area contributed by atoms with E-state index in [4.69, 9.17) is 11.1 Å². The first-order valence-corrected chi connectivity index (χ1v) is 8.00. The van der Waals surface area contributed by atoms with Gasteiger partial charge in [-0.2, -0.15) is 5.26 Å². The topological polar surface area (TPSA) is 106 Å². The molecule has 2 heterocycles. The molecule has 2 aliphatic heterocycles. The van der Waals surface area contributed by atoms with Crippen molar-refractivity contribution in [3.63, 3.8) is 0 Å². The smallest absolute Gasteiger partial charge is 0.250 e. The number of nitrogens with two attached hydrogens (primary N) is 1. The zero-order valence-corrected chi connectivity index (χ0v) is 13.3. The van der Waals surface area contributed by atoms with Crippen molar-refractivity contribution in [2.75, 3.05) is 12.8 Å². The van der Waals surface area contributed by atoms with Gasteiger partial charge in [0.05, 0.1) is 33.9 Å². The Labute approximate surface area is 138 Å². The van der Waals surface area contributed by atoms with Crippen LogP contribution in [-0.4, -0.2) is 29.4 Å². The standard InChI is InChI=1S/C16H15N5OS/c1-20-15(22)13-12(9-5-3-2-4-6-9)10(7-17)14(19)21-11(18)8-23-16(13)21/h2-6,12,18H,8,19H2,1H3,(H,20,22)/t12-/m1/s1. The van der Waals surface area contributed by atoms with Crippen molar-refractivity contribution in [2.24, 2.45) is 5.73 Å². The van der Waals surface area contributed by atoms with Crippen LogP contribution in [0.2, 0.25) is 0 Å². The van der Waals surface area contributed by atoms with Crippen LogP contribution in [0.25, 0.3) is 0 Å². The highest BCUT2D eigenvalue weighted by molar-refractivity contribution is 8.04. The van der Waals surface area contributed by atoms with Gasteiger partial charge in [0, 0.05) is 7.05 Å². The van der Waals surface area contributed by atoms with E-state index < -0.39 is 5.92 Å². The maximum Gasteiger partial charge on any atom is 0.250 e. The highest BCUT2D eigenvalue weighted by Gasteiger charge is 2.42. The minimum absolute atomic E-state index is 0.235. The summed E-state index contributed by atoms with van der Waals surface area (Å²) < 4.78 is 0. The lowest BCUT2D eigenvalue weighted by molar-refractivity contribution is -0.117. The number of likely N-dealkylation sites (N-methyl/N-ethyl adjacent to an activating group) is 1. The fourth-order valence-electron chi connectivity index (χ4n) is 2.84. The molecule has 1 atom stereocenters. The molecule has 23 heavy (non-hydrogen) atoms. The fraction of sp³-hybridized carbons (Fsp3) is 0.188. The Morgan fingerprint density at radius 3 is 2.78 bits per heavy atom. The first-order valence-electron chi connectivity index (χ1n) is 7.01. The number of thioether (sulfide) groups is 1. The number of hydrogen-bond acceptors (Lipinski definition) is 5. The molecule has 4 N–H and O–H groups in total. The maximum atomic E-state index is 12.5. The molecule has 1 amide bonds. The molecule has 2 aliphatic rings. The molecule has 1 aromatic carbocycles. The molecule has 1 saturated heterocycles. The van der Waals surface area contributed by atoms with Crippen LogP contribution in [0, 0.1) is 16.7 Å². The van der Waals surface area contributed by atoms with E-state index in [-0.39, 0.29) is 17.6 Å². The Morgan fingerprint density at radius 2 is 2.17 bits per heavy atom. The number of carbonyl (C=O) groups excluding carboxylic acids is 1. The first-order chi connectivity index (χ1) is 11.1. The molecule has 116 valence electrons. The molecule has 1 aromatic rings. The molecule has 6 nitrogen and oxygen atoms in total. The van der Waals surface area contributed by atoms with Gasteiger partial charge in [0.2, 0.25) is 0 Å². The zero-order valence-electron chi connectivity index (χ0n) is 12.5. The highest BCUT2D eigenvalue weighted by Crippen LogP contribution is 2.46. The van der Waals surface area contributed by atoms with E-state index in [9.17, 15) is 10.1 Å². The Balaban J connectivity index is 2.28. The minimum atomic E-state index is -0.522. The number of amides is 1. The van der Waals surface area contributed by atoms with Crippen molar-refractivity contribution in [1.82, 2.24) is 10.2 Å². The van der Waals surface area contributed by atoms with E-state index in [0.29, 0.717) is 21.9 Å². The van der Waals surface area contributed by atoms with E-state index in [1.807, 2.05) is 30.3 Å². The number of hydrogen-bond donors (Lipinski definition) is 3. The maximum absolute atomic E-state index is 12.5. The summed E-state index contributed by atoms with van der Waals surface area (Å²) in [6.45, 7) is 0. The van der Waals surface area contributed by atoms with Crippen molar-refractivity contribution in [2.45, 2.75) is 5.92 Å². The number of benzene rings is 1. The fourth-order valence-corrected chi connectivity index (χ4v) is 3.95. The molecular weight excluding hydrogens is 310 g/mol. The van der Waals surface area contributed by atoms with Gasteiger partial charge in [-0.15, -0.1) is 0 Å². The van der Waals surface area contributed by atoms with Gasteiger partial charge in [-0.05, 0) is 5.56 Å². The normalized spacial score (nSPS) is 20.4. The molecule has 0 unspecified atom stereocenters. The molecule has 0 spiro atoms. The lowest BCUT2D eigenvalue weighted by Crippen LogP contribution is -2.38. The van der Waals surface area contributed by atoms with Crippen LogP contribution in [0.4, 0.5) is 0 Å². The lowest BCUT2D eigenvalue weighted by Gasteiger charge is -2.32. The van der Waals surface area contributed by atoms with Crippen molar-refractivity contribution < 1.29 is 4.79 Å². The number of nitrogens with zero attached hydrogens (tertiary/aromatic N) is 2. The van der Waals surface area contributed by atoms with Crippen molar-refractivity contribution >= 4 is 23.5 Å². The van der Waals surface area contributed by atoms with Crippen molar-refractivity contribution in [3.05, 3.63) is 57.9 Å². The number of nitrogens with one attached hydrogen (secondary N) is 2. The van der Waals surface area contributed by atoms with Crippen LogP contribution in [0.3, 0.4) is 0 Å². The molecule has 0 aliphatic carbocycles. The second kappa shape index (κ2) is 5.82. The largest absolute Gasteiger partial charge is 0.384 e. The van der Waals surface area contributed by atoms with Gasteiger partial charge < -0.3 is 11.1 Å². The van der Waals surface area contributed by atoms with Crippen LogP contribution in [-0.2, 0) is 4.79 Å². The van der Waals surface area contributed by atoms with Gasteiger partial charge in [0.1, 0.15) is 11.7 Å². The summed E-state index contributed by atoms with van der Waals surface area (Å²) in [5.74, 6) is 0.158. The lowest BCUT2D eigenvalue weighted by atomic mass is 9.82. The summed E-state index contributed by atoms with van der Waals surface area (Å²) in [6, 6.07) is 11.5. The van der Waals surface area contributed by atoms with E-state index in [1.54, 1.807) is 7.05 Å². The third-order valence-corrected chi connectivity index (χ3v) is 4.96. The van der Waals surface area contributed by atoms with Crippen LogP contribution < -0.4 is 11.1 Å². The van der Waals surface area contributed by atoms with Crippen molar-refractivity contribution in [1.29, 1.82) is 10.7 Å². The third-order valence-electron chi connectivity index (χ3n) is 3.87. The Kier molecular flexibility index (Phi) is 3.84. The SMILES string of the molecule is CNC(=O)C1=C2SCC(=N)N2C(N)=C(C#N)[C@H]1c1ccccc1. The molecule has 3 rings (SSSR count). The zero-order chi connectivity index (χ0) is 16.6. The second-order valence-electron chi connectivity index (χ2n) is 5.12. The quantitative estimate of drug-likeness (QED) is 0.763. The number of carbonyl (C=O) groups is 1. The summed E-state index contributed by atoms with van der Waals surface area (Å²) in [5, 5.41) is 20.9. The Morgan fingerprint density at radius 1 is 1.48 bits per heavy atom. The predicted molar refractivity (Wildman–Crippen MR) is 89.1 cm³/mol. The average molecular weight is 325 g/mol. The van der Waals surface area contributed by atoms with Crippen LogP contribution in [0.1, 0.15) is 11.5 Å². The molecule has 0 bridgehead atoms. The van der Waals surface area contributed by atoms with Crippen LogP contribution in [0.5, 0.6) is 0 Å². The van der Waals surface area contributed by atoms with Gasteiger partial charge in [0.25, 0.3) is 5.91 Å². The summed E-state index contributed by atoms with van der Waals surface area (Å²) in [4.78, 5) is 14.0. The van der Waals surface area contributed by atoms with Crippen LogP contribution in [0.15, 0.2) is 52.3 Å². The number of amidine groups is 1. The average Bonchev–Trinajstić information content (AvgIpc) is 2.96. The van der Waals surface area contributed by atoms with Gasteiger partial charge in [-0.25, -0.2) is 0 Å². The van der Waals surface area contributed by atoms with Crippen LogP contribution >= 0.6 is 11.8 Å². The van der Waals surface area contributed by atoms with Gasteiger partial charge in [-0.1, -0.05) is 42.1 Å². The summed E-state index contributed by atoms with van der Waals surface area (Å²) >= 11 is 1.40. The highest BCUT2D eigenvalue weighted by atomic mass is 32.2. The molecule has 0 saturated carbocycles. The van der Waals surface area contributed by atoms with E-state index >= 15 is 0 Å². The Hall–Kier alpha value is -2.72. The monoisotopic (exact) mass is 325 g/mol. The number of allylic oxidation sites excluding steroid dienone is 1. The summed E-state index contributed by atoms with van der Waals surface area (Å²) in [7, 11) is 1.56. The second-order valence-corrected chi connectivity index (χ2v) is 6.09. The molecule has 7 heteroatoms. The molecule has 0 aromatic heterocycles. The minimum Gasteiger partial charge on any atom is -0.384 e. The van der Waals surface area contributed by atoms with Crippen molar-refractivity contribution in [3.8, 4) is 6.07 Å². The number of rotatable bonds is 2. The molecular formula is C16H15N5OS. The number of nitriles is 1. The Bertz CT molecular complexity index is 790. The first kappa shape index (κ1) is 15.2. The molecule has 1 fully saturated rings. The van der Waals surface area contributed by atoms with E-state index in [1.165, 1.54) is 16.7 Å². The number of fused-ring (bicyclic) bond motifs is 1. The van der Waals surface area contributed by atoms with E-state index in [2.05, 4.69) is 11.4 Å². The third kappa shape index (κ3) is 2.28. The predicted octanol–water partition coefficient (Wildman–Crippen LogP) is 1.46. The molecule has 0 radical (unpaired) electrons. The summed E-state index contributed by atoms with van der Waals surface area (Å²) in [6.07, 6.45) is 0. The summed E-state index contributed by atoms with van der Waals surface area (Å²) in [5.41, 5.74) is 7.76.